The summed E-state index contributed by atoms with van der Waals surface area (Å²) >= 11 is 0. The molecule has 1 aliphatic rings. The summed E-state index contributed by atoms with van der Waals surface area (Å²) in [5, 5.41) is 0. The Bertz CT molecular complexity index is 577. The van der Waals surface area contributed by atoms with Crippen LogP contribution in [-0.4, -0.2) is 11.8 Å². The van der Waals surface area contributed by atoms with Gasteiger partial charge in [-0.1, -0.05) is 52.8 Å². The molecule has 0 aliphatic carbocycles. The molecule has 1 atom stereocenters. The number of ketones is 1. The van der Waals surface area contributed by atoms with Crippen molar-refractivity contribution in [2.24, 2.45) is 10.8 Å². The van der Waals surface area contributed by atoms with E-state index in [2.05, 4.69) is 0 Å². The van der Waals surface area contributed by atoms with Crippen molar-refractivity contribution in [3.63, 3.8) is 0 Å². The van der Waals surface area contributed by atoms with Crippen LogP contribution in [0.5, 0.6) is 5.75 Å². The second-order valence-electron chi connectivity index (χ2n) is 7.22. The van der Waals surface area contributed by atoms with Crippen LogP contribution < -0.4 is 4.74 Å². The molecule has 2 rings (SSSR count). The average molecular weight is 302 g/mol. The van der Waals surface area contributed by atoms with Gasteiger partial charge in [0.2, 0.25) is 0 Å². The van der Waals surface area contributed by atoms with Crippen molar-refractivity contribution in [3.8, 4) is 5.75 Å². The summed E-state index contributed by atoms with van der Waals surface area (Å²) < 4.78 is 5.58. The van der Waals surface area contributed by atoms with Gasteiger partial charge in [0.25, 0.3) is 0 Å². The zero-order valence-corrected chi connectivity index (χ0v) is 14.2. The van der Waals surface area contributed by atoms with Crippen LogP contribution in [0.2, 0.25) is 0 Å². The van der Waals surface area contributed by atoms with E-state index in [1.165, 1.54) is 0 Å². The number of ether oxygens (including phenoxy) is 1. The average Bonchev–Trinajstić information content (AvgIpc) is 2.47. The lowest BCUT2D eigenvalue weighted by Crippen LogP contribution is -2.44. The largest absolute Gasteiger partial charge is 0.426 e. The van der Waals surface area contributed by atoms with E-state index in [0.29, 0.717) is 25.0 Å². The Labute approximate surface area is 133 Å². The van der Waals surface area contributed by atoms with Crippen molar-refractivity contribution < 1.29 is 14.3 Å². The number of benzene rings is 1. The summed E-state index contributed by atoms with van der Waals surface area (Å²) in [6.07, 6.45) is 1.74. The minimum atomic E-state index is -0.602. The lowest BCUT2D eigenvalue weighted by molar-refractivity contribution is -0.151. The fraction of sp³-hybridized carbons (Fsp3) is 0.579. The van der Waals surface area contributed by atoms with Crippen molar-refractivity contribution in [3.05, 3.63) is 29.8 Å². The minimum absolute atomic E-state index is 0.105. The van der Waals surface area contributed by atoms with E-state index < -0.39 is 10.8 Å². The first-order valence-corrected chi connectivity index (χ1v) is 8.10. The van der Waals surface area contributed by atoms with Crippen LogP contribution in [0.3, 0.4) is 0 Å². The van der Waals surface area contributed by atoms with Gasteiger partial charge in [-0.2, -0.15) is 0 Å². The van der Waals surface area contributed by atoms with Gasteiger partial charge < -0.3 is 4.74 Å². The number of carbonyl (C=O) groups is 2. The molecule has 22 heavy (non-hydrogen) atoms. The predicted molar refractivity (Wildman–Crippen MR) is 86.9 cm³/mol. The van der Waals surface area contributed by atoms with Gasteiger partial charge in [0.05, 0.1) is 5.41 Å². The molecule has 0 spiro atoms. The highest BCUT2D eigenvalue weighted by Gasteiger charge is 2.50. The molecule has 0 N–H and O–H groups in total. The van der Waals surface area contributed by atoms with Crippen LogP contribution in [-0.2, 0) is 9.59 Å². The number of rotatable bonds is 4. The van der Waals surface area contributed by atoms with E-state index in [1.807, 2.05) is 58.9 Å². The number of hydrogen-bond acceptors (Lipinski definition) is 3. The Kier molecular flexibility index (Phi) is 4.46. The molecule has 1 aromatic rings. The summed E-state index contributed by atoms with van der Waals surface area (Å²) in [5.74, 6) is 0.500. The van der Waals surface area contributed by atoms with Crippen molar-refractivity contribution in [2.75, 3.05) is 0 Å². The van der Waals surface area contributed by atoms with E-state index >= 15 is 0 Å². The zero-order chi connectivity index (χ0) is 16.5. The molecular weight excluding hydrogens is 276 g/mol. The molecule has 1 aliphatic heterocycles. The third kappa shape index (κ3) is 2.69. The molecular formula is C19H26O3. The second kappa shape index (κ2) is 5.86. The van der Waals surface area contributed by atoms with E-state index in [0.717, 1.165) is 5.56 Å². The molecule has 0 saturated carbocycles. The van der Waals surface area contributed by atoms with Crippen LogP contribution in [0.15, 0.2) is 24.3 Å². The van der Waals surface area contributed by atoms with Gasteiger partial charge in [0.15, 0.2) is 0 Å². The quantitative estimate of drug-likeness (QED) is 0.607. The van der Waals surface area contributed by atoms with Gasteiger partial charge in [0, 0.05) is 17.8 Å². The van der Waals surface area contributed by atoms with Gasteiger partial charge in [0.1, 0.15) is 11.5 Å². The lowest BCUT2D eigenvalue weighted by Gasteiger charge is -2.42. The molecule has 0 radical (unpaired) electrons. The fourth-order valence-electron chi connectivity index (χ4n) is 3.33. The molecule has 0 amide bonds. The summed E-state index contributed by atoms with van der Waals surface area (Å²) in [4.78, 5) is 25.3. The van der Waals surface area contributed by atoms with Crippen LogP contribution >= 0.6 is 0 Å². The van der Waals surface area contributed by atoms with Gasteiger partial charge in [-0.3, -0.25) is 9.59 Å². The number of fused-ring (bicyclic) bond motifs is 1. The fourth-order valence-corrected chi connectivity index (χ4v) is 3.33. The Hall–Kier alpha value is -1.64. The van der Waals surface area contributed by atoms with Gasteiger partial charge >= 0.3 is 5.97 Å². The first-order valence-electron chi connectivity index (χ1n) is 8.10. The van der Waals surface area contributed by atoms with E-state index in [-0.39, 0.29) is 17.7 Å². The van der Waals surface area contributed by atoms with Crippen LogP contribution in [0, 0.1) is 10.8 Å². The highest BCUT2D eigenvalue weighted by Crippen LogP contribution is 2.51. The number of esters is 1. The van der Waals surface area contributed by atoms with Crippen LogP contribution in [0.1, 0.15) is 65.4 Å². The summed E-state index contributed by atoms with van der Waals surface area (Å²) in [7, 11) is 0. The highest BCUT2D eigenvalue weighted by atomic mass is 16.5. The second-order valence-corrected chi connectivity index (χ2v) is 7.22. The Balaban J connectivity index is 2.52. The van der Waals surface area contributed by atoms with Gasteiger partial charge in [-0.15, -0.1) is 0 Å². The molecule has 0 bridgehead atoms. The number of carbonyl (C=O) groups excluding carboxylic acids is 2. The molecule has 0 aromatic heterocycles. The number of Topliss-reactive ketones (excluding diaryl/α,β-unsaturated/α-hetero) is 1. The topological polar surface area (TPSA) is 43.4 Å². The van der Waals surface area contributed by atoms with Crippen molar-refractivity contribution in [1.29, 1.82) is 0 Å². The molecule has 120 valence electrons. The smallest absolute Gasteiger partial charge is 0.318 e. The Morgan fingerprint density at radius 3 is 2.32 bits per heavy atom. The van der Waals surface area contributed by atoms with Crippen molar-refractivity contribution in [1.82, 2.24) is 0 Å². The van der Waals surface area contributed by atoms with Crippen molar-refractivity contribution >= 4 is 11.8 Å². The molecule has 1 unspecified atom stereocenters. The number of hydrogen-bond donors (Lipinski definition) is 0. The summed E-state index contributed by atoms with van der Waals surface area (Å²) in [6, 6.07) is 7.61. The lowest BCUT2D eigenvalue weighted by atomic mass is 9.64. The van der Waals surface area contributed by atoms with Gasteiger partial charge in [-0.25, -0.2) is 0 Å². The normalized spacial score (nSPS) is 20.2. The maximum Gasteiger partial charge on any atom is 0.318 e. The van der Waals surface area contributed by atoms with E-state index in [4.69, 9.17) is 4.74 Å². The Morgan fingerprint density at radius 1 is 1.18 bits per heavy atom. The van der Waals surface area contributed by atoms with Crippen LogP contribution in [0.4, 0.5) is 0 Å². The Morgan fingerprint density at radius 2 is 1.77 bits per heavy atom. The minimum Gasteiger partial charge on any atom is -0.426 e. The maximum absolute atomic E-state index is 12.6. The highest BCUT2D eigenvalue weighted by molar-refractivity contribution is 5.88. The van der Waals surface area contributed by atoms with E-state index in [9.17, 15) is 9.59 Å². The third-order valence-electron chi connectivity index (χ3n) is 5.06. The first kappa shape index (κ1) is 16.7. The van der Waals surface area contributed by atoms with Crippen LogP contribution in [0.25, 0.3) is 0 Å². The maximum atomic E-state index is 12.6. The monoisotopic (exact) mass is 302 g/mol. The third-order valence-corrected chi connectivity index (χ3v) is 5.06. The predicted octanol–water partition coefficient (Wildman–Crippen LogP) is 4.50. The number of para-hydroxylation sites is 1. The molecule has 3 heteroatoms. The molecule has 3 nitrogen and oxygen atoms in total. The molecule has 0 fully saturated rings. The molecule has 0 saturated heterocycles. The van der Waals surface area contributed by atoms with Crippen molar-refractivity contribution in [2.45, 2.75) is 59.8 Å². The SMILES string of the molecule is CCC1(CC)C(=O)Oc2ccccc2C1CC(=O)C(C)(C)C. The summed E-state index contributed by atoms with van der Waals surface area (Å²) in [6.45, 7) is 9.81. The molecule has 1 aromatic carbocycles. The van der Waals surface area contributed by atoms with E-state index in [1.54, 1.807) is 0 Å². The van der Waals surface area contributed by atoms with Gasteiger partial charge in [-0.05, 0) is 24.5 Å². The first-order chi connectivity index (χ1) is 10.3. The molecule has 1 heterocycles. The summed E-state index contributed by atoms with van der Waals surface area (Å²) in [5.41, 5.74) is -0.0119. The standard InChI is InChI=1S/C19H26O3/c1-6-19(7-2)14(12-16(20)18(3,4)5)13-10-8-9-11-15(13)22-17(19)21/h8-11,14H,6-7,12H2,1-5H3. The zero-order valence-electron chi connectivity index (χ0n) is 14.2.